The Kier molecular flexibility index (Phi) is 8.21. The molecule has 0 saturated heterocycles. The molecule has 6 heteroatoms. The molecule has 0 aliphatic carbocycles. The van der Waals surface area contributed by atoms with Crippen LogP contribution in [0.2, 0.25) is 0 Å². The van der Waals surface area contributed by atoms with Gasteiger partial charge in [-0.2, -0.15) is 0 Å². The molecule has 142 valence electrons. The summed E-state index contributed by atoms with van der Waals surface area (Å²) in [6.07, 6.45) is 0.676. The number of methoxy groups -OCH3 is 3. The molecular weight excluding hydrogens is 336 g/mol. The second-order valence-corrected chi connectivity index (χ2v) is 5.70. The van der Waals surface area contributed by atoms with Gasteiger partial charge < -0.3 is 28.8 Å². The first kappa shape index (κ1) is 20.0. The SMILES string of the molecule is COCOc1ccc(CCC(O)c2ccc(OCOC)cc2OC)cc1. The van der Waals surface area contributed by atoms with Crippen molar-refractivity contribution in [1.29, 1.82) is 0 Å². The highest BCUT2D eigenvalue weighted by Gasteiger charge is 2.14. The van der Waals surface area contributed by atoms with Gasteiger partial charge in [-0.1, -0.05) is 12.1 Å². The Hall–Kier alpha value is -2.28. The smallest absolute Gasteiger partial charge is 0.188 e. The number of ether oxygens (including phenoxy) is 5. The summed E-state index contributed by atoms with van der Waals surface area (Å²) in [5, 5.41) is 10.5. The van der Waals surface area contributed by atoms with Crippen molar-refractivity contribution in [3.05, 3.63) is 53.6 Å². The summed E-state index contributed by atoms with van der Waals surface area (Å²) in [6.45, 7) is 0.386. The fraction of sp³-hybridized carbons (Fsp3) is 0.400. The largest absolute Gasteiger partial charge is 0.496 e. The summed E-state index contributed by atoms with van der Waals surface area (Å²) in [4.78, 5) is 0. The average molecular weight is 362 g/mol. The average Bonchev–Trinajstić information content (AvgIpc) is 2.69. The van der Waals surface area contributed by atoms with E-state index >= 15 is 0 Å². The van der Waals surface area contributed by atoms with Crippen LogP contribution in [-0.4, -0.2) is 40.0 Å². The number of hydrogen-bond acceptors (Lipinski definition) is 6. The van der Waals surface area contributed by atoms with E-state index in [-0.39, 0.29) is 13.6 Å². The van der Waals surface area contributed by atoms with E-state index in [9.17, 15) is 5.11 Å². The quantitative estimate of drug-likeness (QED) is 0.619. The van der Waals surface area contributed by atoms with Crippen LogP contribution in [0.15, 0.2) is 42.5 Å². The van der Waals surface area contributed by atoms with Crippen molar-refractivity contribution in [2.75, 3.05) is 34.9 Å². The zero-order chi connectivity index (χ0) is 18.8. The highest BCUT2D eigenvalue weighted by Crippen LogP contribution is 2.32. The van der Waals surface area contributed by atoms with Gasteiger partial charge in [0.15, 0.2) is 13.6 Å². The van der Waals surface area contributed by atoms with Gasteiger partial charge in [0.05, 0.1) is 13.2 Å². The zero-order valence-electron chi connectivity index (χ0n) is 15.4. The maximum atomic E-state index is 10.5. The molecule has 1 atom stereocenters. The molecule has 2 rings (SSSR count). The van der Waals surface area contributed by atoms with Gasteiger partial charge in [-0.3, -0.25) is 0 Å². The summed E-state index contributed by atoms with van der Waals surface area (Å²) in [5.74, 6) is 1.98. The van der Waals surface area contributed by atoms with E-state index < -0.39 is 6.10 Å². The standard InChI is InChI=1S/C20H26O6/c1-22-13-25-16-7-4-15(5-8-16)6-11-19(21)18-10-9-17(26-14-23-2)12-20(18)24-3/h4-5,7-10,12,19,21H,6,11,13-14H2,1-3H3. The Morgan fingerprint density at radius 2 is 1.46 bits per heavy atom. The van der Waals surface area contributed by atoms with Gasteiger partial charge in [0, 0.05) is 25.8 Å². The van der Waals surface area contributed by atoms with Crippen molar-refractivity contribution in [2.24, 2.45) is 0 Å². The lowest BCUT2D eigenvalue weighted by atomic mass is 10.0. The molecule has 0 bridgehead atoms. The zero-order valence-corrected chi connectivity index (χ0v) is 15.4. The van der Waals surface area contributed by atoms with Crippen LogP contribution in [0, 0.1) is 0 Å². The van der Waals surface area contributed by atoms with Gasteiger partial charge >= 0.3 is 0 Å². The van der Waals surface area contributed by atoms with Gasteiger partial charge in [0.1, 0.15) is 17.2 Å². The third-order valence-corrected chi connectivity index (χ3v) is 3.88. The first-order valence-electron chi connectivity index (χ1n) is 8.36. The van der Waals surface area contributed by atoms with Crippen molar-refractivity contribution >= 4 is 0 Å². The lowest BCUT2D eigenvalue weighted by molar-refractivity contribution is 0.0508. The van der Waals surface area contributed by atoms with Crippen LogP contribution in [0.1, 0.15) is 23.7 Å². The van der Waals surface area contributed by atoms with Crippen molar-refractivity contribution < 1.29 is 28.8 Å². The minimum absolute atomic E-state index is 0.162. The molecule has 0 amide bonds. The van der Waals surface area contributed by atoms with Crippen LogP contribution in [0.4, 0.5) is 0 Å². The van der Waals surface area contributed by atoms with E-state index in [0.29, 0.717) is 17.9 Å². The maximum Gasteiger partial charge on any atom is 0.188 e. The lowest BCUT2D eigenvalue weighted by Crippen LogP contribution is -2.04. The maximum absolute atomic E-state index is 10.5. The van der Waals surface area contributed by atoms with Crippen molar-refractivity contribution in [1.82, 2.24) is 0 Å². The Morgan fingerprint density at radius 1 is 0.846 bits per heavy atom. The summed E-state index contributed by atoms with van der Waals surface area (Å²) in [6, 6.07) is 13.1. The molecule has 0 spiro atoms. The monoisotopic (exact) mass is 362 g/mol. The van der Waals surface area contributed by atoms with Gasteiger partial charge in [-0.25, -0.2) is 0 Å². The lowest BCUT2D eigenvalue weighted by Gasteiger charge is -2.16. The molecule has 1 N–H and O–H groups in total. The summed E-state index contributed by atoms with van der Waals surface area (Å²) in [5.41, 5.74) is 1.85. The Balaban J connectivity index is 1.95. The second kappa shape index (κ2) is 10.7. The molecule has 26 heavy (non-hydrogen) atoms. The number of aliphatic hydroxyl groups excluding tert-OH is 1. The molecule has 0 heterocycles. The predicted octanol–water partition coefficient (Wildman–Crippen LogP) is 3.33. The Morgan fingerprint density at radius 3 is 2.08 bits per heavy atom. The molecule has 2 aromatic rings. The van der Waals surface area contributed by atoms with Crippen molar-refractivity contribution in [2.45, 2.75) is 18.9 Å². The number of aliphatic hydroxyl groups is 1. The van der Waals surface area contributed by atoms with Gasteiger partial charge in [0.25, 0.3) is 0 Å². The molecule has 0 radical (unpaired) electrons. The van der Waals surface area contributed by atoms with Gasteiger partial charge in [-0.05, 0) is 42.7 Å². The van der Waals surface area contributed by atoms with Crippen LogP contribution in [0.3, 0.4) is 0 Å². The summed E-state index contributed by atoms with van der Waals surface area (Å²) in [7, 11) is 4.72. The van der Waals surface area contributed by atoms with Crippen LogP contribution < -0.4 is 14.2 Å². The molecule has 1 unspecified atom stereocenters. The van der Waals surface area contributed by atoms with E-state index in [2.05, 4.69) is 0 Å². The normalized spacial score (nSPS) is 11.8. The van der Waals surface area contributed by atoms with Crippen LogP contribution in [0.25, 0.3) is 0 Å². The molecule has 0 aromatic heterocycles. The number of rotatable bonds is 11. The fourth-order valence-electron chi connectivity index (χ4n) is 2.52. The first-order valence-corrected chi connectivity index (χ1v) is 8.36. The molecule has 0 aliphatic heterocycles. The third kappa shape index (κ3) is 5.91. The first-order chi connectivity index (χ1) is 12.7. The topological polar surface area (TPSA) is 66.4 Å². The minimum Gasteiger partial charge on any atom is -0.496 e. The van der Waals surface area contributed by atoms with E-state index in [1.54, 1.807) is 33.5 Å². The molecular formula is C20H26O6. The summed E-state index contributed by atoms with van der Waals surface area (Å²) >= 11 is 0. The number of benzene rings is 2. The highest BCUT2D eigenvalue weighted by atomic mass is 16.7. The van der Waals surface area contributed by atoms with Gasteiger partial charge in [0.2, 0.25) is 0 Å². The van der Waals surface area contributed by atoms with E-state index in [1.807, 2.05) is 30.3 Å². The molecule has 6 nitrogen and oxygen atoms in total. The van der Waals surface area contributed by atoms with Crippen LogP contribution in [0.5, 0.6) is 17.2 Å². The predicted molar refractivity (Wildman–Crippen MR) is 97.7 cm³/mol. The van der Waals surface area contributed by atoms with Crippen LogP contribution in [-0.2, 0) is 15.9 Å². The molecule has 0 saturated carbocycles. The fourth-order valence-corrected chi connectivity index (χ4v) is 2.52. The Bertz CT molecular complexity index is 656. The highest BCUT2D eigenvalue weighted by molar-refractivity contribution is 5.42. The van der Waals surface area contributed by atoms with E-state index in [0.717, 1.165) is 23.3 Å². The summed E-state index contributed by atoms with van der Waals surface area (Å²) < 4.78 is 25.9. The van der Waals surface area contributed by atoms with Gasteiger partial charge in [-0.15, -0.1) is 0 Å². The Labute approximate surface area is 154 Å². The van der Waals surface area contributed by atoms with E-state index in [1.165, 1.54) is 0 Å². The number of aryl methyl sites for hydroxylation is 1. The molecule has 0 aliphatic rings. The molecule has 2 aromatic carbocycles. The van der Waals surface area contributed by atoms with Crippen molar-refractivity contribution in [3.63, 3.8) is 0 Å². The number of hydrogen-bond donors (Lipinski definition) is 1. The van der Waals surface area contributed by atoms with Crippen molar-refractivity contribution in [3.8, 4) is 17.2 Å². The third-order valence-electron chi connectivity index (χ3n) is 3.88. The molecule has 0 fully saturated rings. The second-order valence-electron chi connectivity index (χ2n) is 5.70. The minimum atomic E-state index is -0.633. The van der Waals surface area contributed by atoms with Crippen LogP contribution >= 0.6 is 0 Å². The van der Waals surface area contributed by atoms with E-state index in [4.69, 9.17) is 23.7 Å².